The second kappa shape index (κ2) is 22.6. The fourth-order valence-electron chi connectivity index (χ4n) is 0. The molecule has 0 radical (unpaired) electrons. The van der Waals surface area contributed by atoms with Crippen LogP contribution in [0, 0.1) is 0 Å². The quantitative estimate of drug-likeness (QED) is 0.369. The first-order valence-corrected chi connectivity index (χ1v) is 1.41. The van der Waals surface area contributed by atoms with Gasteiger partial charge in [-0.25, -0.2) is 0 Å². The zero-order chi connectivity index (χ0) is 2.00. The average molecular weight is 167 g/mol. The van der Waals surface area contributed by atoms with Crippen LogP contribution in [0.2, 0.25) is 0 Å². The molecule has 0 saturated heterocycles. The van der Waals surface area contributed by atoms with Crippen LogP contribution in [0.1, 0.15) is 0 Å². The number of halogens is 1. The van der Waals surface area contributed by atoms with E-state index >= 15 is 0 Å². The van der Waals surface area contributed by atoms with Gasteiger partial charge in [0.25, 0.3) is 0 Å². The normalized spacial score (nSPS) is 1.75. The van der Waals surface area contributed by atoms with Crippen LogP contribution < -0.4 is 0 Å². The van der Waals surface area contributed by atoms with E-state index in [0.29, 0.717) is 0 Å². The van der Waals surface area contributed by atoms with Crippen LogP contribution in [0.15, 0.2) is 0 Å². The predicted octanol–water partition coefficient (Wildman–Crippen LogP) is 0.803. The predicted molar refractivity (Wildman–Crippen MR) is 28.1 cm³/mol. The Morgan fingerprint density at radius 3 is 1.00 bits per heavy atom. The van der Waals surface area contributed by atoms with Crippen LogP contribution in [0.3, 0.4) is 0 Å². The molecule has 0 bridgehead atoms. The molecular formula is H6ClCuP2. The molecule has 34 valence electrons. The Bertz CT molecular complexity index is 6.00. The zero-order valence-corrected chi connectivity index (χ0v) is 6.62. The van der Waals surface area contributed by atoms with Crippen molar-refractivity contribution in [1.29, 1.82) is 0 Å². The number of hydrogen-bond donors (Lipinski definition) is 0. The van der Waals surface area contributed by atoms with Crippen LogP contribution in [0.4, 0.5) is 0 Å². The molecule has 2 atom stereocenters. The SMILES string of the molecule is P.P.[Cl][Cu]. The van der Waals surface area contributed by atoms with Gasteiger partial charge in [0.05, 0.1) is 0 Å². The number of rotatable bonds is 0. The van der Waals surface area contributed by atoms with Gasteiger partial charge < -0.3 is 0 Å². The van der Waals surface area contributed by atoms with E-state index in [2.05, 4.69) is 25.2 Å². The molecule has 4 heteroatoms. The topological polar surface area (TPSA) is 0 Å². The van der Waals surface area contributed by atoms with Crippen molar-refractivity contribution in [2.24, 2.45) is 0 Å². The van der Waals surface area contributed by atoms with E-state index < -0.39 is 0 Å². The monoisotopic (exact) mass is 166 g/mol. The van der Waals surface area contributed by atoms with E-state index in [1.807, 2.05) is 0 Å². The second-order valence-electron chi connectivity index (χ2n) is 0. The summed E-state index contributed by atoms with van der Waals surface area (Å²) in [5.74, 6) is 0. The summed E-state index contributed by atoms with van der Waals surface area (Å²) < 4.78 is 0. The van der Waals surface area contributed by atoms with Crippen molar-refractivity contribution in [3.63, 3.8) is 0 Å². The first kappa shape index (κ1) is 17.3. The number of hydrogen-bond acceptors (Lipinski definition) is 0. The molecule has 0 rings (SSSR count). The summed E-state index contributed by atoms with van der Waals surface area (Å²) in [6, 6.07) is 0. The van der Waals surface area contributed by atoms with E-state index in [1.54, 1.807) is 0 Å². The molecule has 0 nitrogen and oxygen atoms in total. The molecule has 0 aliphatic carbocycles. The maximum absolute atomic E-state index is 4.20. The molecule has 0 aromatic carbocycles. The molecule has 0 amide bonds. The van der Waals surface area contributed by atoms with Gasteiger partial charge >= 0.3 is 25.2 Å². The molecule has 0 saturated carbocycles. The summed E-state index contributed by atoms with van der Waals surface area (Å²) in [4.78, 5) is 0. The maximum atomic E-state index is 4.20. The van der Waals surface area contributed by atoms with Gasteiger partial charge in [0.1, 0.15) is 0 Å². The van der Waals surface area contributed by atoms with Gasteiger partial charge in [0.2, 0.25) is 0 Å². The van der Waals surface area contributed by atoms with Gasteiger partial charge in [0, 0.05) is 0 Å². The van der Waals surface area contributed by atoms with Gasteiger partial charge in [-0.05, 0) is 0 Å². The molecule has 0 aromatic heterocycles. The Kier molecular flexibility index (Phi) is 97.8. The Labute approximate surface area is 45.3 Å². The summed E-state index contributed by atoms with van der Waals surface area (Å²) in [6.45, 7) is 0. The van der Waals surface area contributed by atoms with Crippen molar-refractivity contribution in [3.05, 3.63) is 0 Å². The van der Waals surface area contributed by atoms with Crippen molar-refractivity contribution in [3.8, 4) is 0 Å². The molecule has 2 unspecified atom stereocenters. The first-order valence-electron chi connectivity index (χ1n) is 0.114. The van der Waals surface area contributed by atoms with E-state index in [-0.39, 0.29) is 19.8 Å². The van der Waals surface area contributed by atoms with E-state index in [4.69, 9.17) is 0 Å². The summed E-state index contributed by atoms with van der Waals surface area (Å²) in [6.07, 6.45) is 0. The zero-order valence-electron chi connectivity index (χ0n) is 2.09. The van der Waals surface area contributed by atoms with Crippen molar-refractivity contribution in [2.45, 2.75) is 0 Å². The van der Waals surface area contributed by atoms with Gasteiger partial charge in [-0.15, -0.1) is 0 Å². The Balaban J connectivity index is -0.00000000500. The van der Waals surface area contributed by atoms with E-state index in [1.165, 1.54) is 0 Å². The summed E-state index contributed by atoms with van der Waals surface area (Å²) in [5.41, 5.74) is 0. The Morgan fingerprint density at radius 1 is 1.00 bits per heavy atom. The third-order valence-corrected chi connectivity index (χ3v) is 0. The Morgan fingerprint density at radius 2 is 1.00 bits per heavy atom. The molecule has 0 N–H and O–H groups in total. The fraction of sp³-hybridized carbons (Fsp3) is 0. The third kappa shape index (κ3) is 9.38. The van der Waals surface area contributed by atoms with Crippen molar-refractivity contribution >= 4 is 29.9 Å². The van der Waals surface area contributed by atoms with Crippen LogP contribution in [-0.2, 0) is 15.1 Å². The minimum atomic E-state index is 0. The van der Waals surface area contributed by atoms with E-state index in [0.717, 1.165) is 0 Å². The molecule has 0 spiro atoms. The third-order valence-electron chi connectivity index (χ3n) is 0. The second-order valence-corrected chi connectivity index (χ2v) is 0. The molecule has 0 aliphatic heterocycles. The van der Waals surface area contributed by atoms with Crippen LogP contribution in [-0.4, -0.2) is 0 Å². The van der Waals surface area contributed by atoms with Gasteiger partial charge in [-0.3, -0.25) is 0 Å². The molecule has 0 aromatic rings. The standard InChI is InChI=1S/ClH.Cu.2H3P/h1H;;2*1H3/q;+1;;/p-1. The molecule has 0 fully saturated rings. The molecular weight excluding hydrogens is 161 g/mol. The van der Waals surface area contributed by atoms with Gasteiger partial charge in [-0.2, -0.15) is 19.8 Å². The van der Waals surface area contributed by atoms with E-state index in [9.17, 15) is 0 Å². The first-order chi connectivity index (χ1) is 1.00. The van der Waals surface area contributed by atoms with Crippen LogP contribution in [0.25, 0.3) is 0 Å². The molecule has 0 heterocycles. The summed E-state index contributed by atoms with van der Waals surface area (Å²) in [7, 11) is 4.20. The summed E-state index contributed by atoms with van der Waals surface area (Å²) >= 11 is 3.66. The summed E-state index contributed by atoms with van der Waals surface area (Å²) in [5, 5.41) is 0. The van der Waals surface area contributed by atoms with Crippen molar-refractivity contribution in [2.75, 3.05) is 0 Å². The van der Waals surface area contributed by atoms with Gasteiger partial charge in [0.15, 0.2) is 0 Å². The van der Waals surface area contributed by atoms with Crippen LogP contribution in [0.5, 0.6) is 0 Å². The molecule has 4 heavy (non-hydrogen) atoms. The molecule has 0 aliphatic rings. The van der Waals surface area contributed by atoms with Crippen molar-refractivity contribution < 1.29 is 15.1 Å². The average Bonchev–Trinajstić information content (AvgIpc) is 1.00. The fourth-order valence-corrected chi connectivity index (χ4v) is 0. The van der Waals surface area contributed by atoms with Crippen molar-refractivity contribution in [1.82, 2.24) is 0 Å². The van der Waals surface area contributed by atoms with Gasteiger partial charge in [-0.1, -0.05) is 0 Å². The van der Waals surface area contributed by atoms with Crippen LogP contribution >= 0.6 is 29.9 Å². The minimum absolute atomic E-state index is 0. The Hall–Kier alpha value is 1.67.